The van der Waals surface area contributed by atoms with Crippen molar-refractivity contribution in [3.05, 3.63) is 52.7 Å². The van der Waals surface area contributed by atoms with Gasteiger partial charge < -0.3 is 0 Å². The standard InChI is InChI=1S/C12H11FN2O3S2/c1-8-6-7-11(19-8)20(17,18)15-14-12(16)9-4-2-3-5-10(9)13/h2-7,15H,1H3,(H,14,16). The summed E-state index contributed by atoms with van der Waals surface area (Å²) in [5.41, 5.74) is 1.74. The topological polar surface area (TPSA) is 75.3 Å². The second-order valence-electron chi connectivity index (χ2n) is 3.90. The van der Waals surface area contributed by atoms with E-state index in [9.17, 15) is 17.6 Å². The normalized spacial score (nSPS) is 11.3. The van der Waals surface area contributed by atoms with Gasteiger partial charge in [-0.3, -0.25) is 10.2 Å². The zero-order valence-corrected chi connectivity index (χ0v) is 12.0. The molecule has 1 amide bonds. The van der Waals surface area contributed by atoms with Crippen molar-refractivity contribution in [3.8, 4) is 0 Å². The predicted octanol–water partition coefficient (Wildman–Crippen LogP) is 1.82. The first-order valence-corrected chi connectivity index (χ1v) is 7.83. The Labute approximate surface area is 119 Å². The van der Waals surface area contributed by atoms with E-state index >= 15 is 0 Å². The number of hydrazine groups is 1. The van der Waals surface area contributed by atoms with Crippen molar-refractivity contribution in [1.82, 2.24) is 10.3 Å². The average molecular weight is 314 g/mol. The number of hydrogen-bond donors (Lipinski definition) is 2. The van der Waals surface area contributed by atoms with Gasteiger partial charge in [0.2, 0.25) is 0 Å². The highest BCUT2D eigenvalue weighted by Crippen LogP contribution is 2.19. The number of thiophene rings is 1. The summed E-state index contributed by atoms with van der Waals surface area (Å²) in [6.45, 7) is 1.77. The fourth-order valence-corrected chi connectivity index (χ4v) is 3.56. The van der Waals surface area contributed by atoms with Crippen molar-refractivity contribution >= 4 is 27.3 Å². The number of carbonyl (C=O) groups is 1. The molecule has 1 aromatic carbocycles. The molecule has 0 bridgehead atoms. The van der Waals surface area contributed by atoms with Gasteiger partial charge in [-0.1, -0.05) is 12.1 Å². The molecular formula is C12H11FN2O3S2. The van der Waals surface area contributed by atoms with Crippen molar-refractivity contribution < 1.29 is 17.6 Å². The lowest BCUT2D eigenvalue weighted by molar-refractivity contribution is 0.0941. The summed E-state index contributed by atoms with van der Waals surface area (Å²) in [4.78, 5) is 14.4. The monoisotopic (exact) mass is 314 g/mol. The minimum absolute atomic E-state index is 0.0730. The number of sulfonamides is 1. The molecule has 2 aromatic rings. The molecule has 0 fully saturated rings. The van der Waals surface area contributed by atoms with Gasteiger partial charge >= 0.3 is 0 Å². The van der Waals surface area contributed by atoms with Crippen LogP contribution in [-0.4, -0.2) is 14.3 Å². The number of nitrogens with one attached hydrogen (secondary N) is 2. The SMILES string of the molecule is Cc1ccc(S(=O)(=O)NNC(=O)c2ccccc2F)s1. The average Bonchev–Trinajstić information content (AvgIpc) is 2.84. The lowest BCUT2D eigenvalue weighted by atomic mass is 10.2. The first-order chi connectivity index (χ1) is 9.40. The highest BCUT2D eigenvalue weighted by atomic mass is 32.2. The van der Waals surface area contributed by atoms with E-state index in [-0.39, 0.29) is 9.77 Å². The molecule has 0 aliphatic rings. The maximum Gasteiger partial charge on any atom is 0.269 e. The molecule has 0 aliphatic carbocycles. The van der Waals surface area contributed by atoms with Crippen molar-refractivity contribution in [2.75, 3.05) is 0 Å². The Morgan fingerprint density at radius 3 is 2.50 bits per heavy atom. The number of aryl methyl sites for hydroxylation is 1. The van der Waals surface area contributed by atoms with Crippen LogP contribution in [0.1, 0.15) is 15.2 Å². The zero-order valence-electron chi connectivity index (χ0n) is 10.4. The van der Waals surface area contributed by atoms with Crippen LogP contribution in [0.3, 0.4) is 0 Å². The third-order valence-corrected chi connectivity index (χ3v) is 5.14. The first-order valence-electron chi connectivity index (χ1n) is 5.53. The molecule has 1 aromatic heterocycles. The largest absolute Gasteiger partial charge is 0.273 e. The van der Waals surface area contributed by atoms with E-state index in [1.807, 2.05) is 10.3 Å². The molecular weight excluding hydrogens is 303 g/mol. The van der Waals surface area contributed by atoms with Gasteiger partial charge in [0.15, 0.2) is 0 Å². The number of benzene rings is 1. The highest BCUT2D eigenvalue weighted by molar-refractivity contribution is 7.91. The van der Waals surface area contributed by atoms with Crippen LogP contribution >= 0.6 is 11.3 Å². The lowest BCUT2D eigenvalue weighted by Crippen LogP contribution is -2.41. The van der Waals surface area contributed by atoms with Crippen LogP contribution in [0, 0.1) is 12.7 Å². The molecule has 0 spiro atoms. The smallest absolute Gasteiger partial charge is 0.269 e. The second-order valence-corrected chi connectivity index (χ2v) is 7.10. The lowest BCUT2D eigenvalue weighted by Gasteiger charge is -2.07. The van der Waals surface area contributed by atoms with Crippen LogP contribution < -0.4 is 10.3 Å². The molecule has 0 atom stereocenters. The fourth-order valence-electron chi connectivity index (χ4n) is 1.43. The Morgan fingerprint density at radius 1 is 1.20 bits per heavy atom. The predicted molar refractivity (Wildman–Crippen MR) is 73.2 cm³/mol. The number of hydrogen-bond acceptors (Lipinski definition) is 4. The van der Waals surface area contributed by atoms with Crippen molar-refractivity contribution in [2.24, 2.45) is 0 Å². The van der Waals surface area contributed by atoms with Gasteiger partial charge in [-0.15, -0.1) is 16.2 Å². The highest BCUT2D eigenvalue weighted by Gasteiger charge is 2.18. The third-order valence-electron chi connectivity index (χ3n) is 2.40. The summed E-state index contributed by atoms with van der Waals surface area (Å²) in [6.07, 6.45) is 0. The van der Waals surface area contributed by atoms with Crippen LogP contribution in [-0.2, 0) is 10.0 Å². The van der Waals surface area contributed by atoms with Crippen LogP contribution in [0.2, 0.25) is 0 Å². The number of carbonyl (C=O) groups excluding carboxylic acids is 1. The molecule has 0 saturated carbocycles. The molecule has 0 radical (unpaired) electrons. The van der Waals surface area contributed by atoms with Crippen LogP contribution in [0.4, 0.5) is 4.39 Å². The van der Waals surface area contributed by atoms with Gasteiger partial charge in [0.25, 0.3) is 15.9 Å². The van der Waals surface area contributed by atoms with E-state index in [1.165, 1.54) is 24.3 Å². The number of rotatable bonds is 4. The summed E-state index contributed by atoms with van der Waals surface area (Å²) in [5.74, 6) is -1.59. The number of amides is 1. The molecule has 1 heterocycles. The molecule has 0 saturated heterocycles. The van der Waals surface area contributed by atoms with Crippen molar-refractivity contribution in [1.29, 1.82) is 0 Å². The van der Waals surface area contributed by atoms with Gasteiger partial charge in [-0.25, -0.2) is 12.8 Å². The molecule has 0 unspecified atom stereocenters. The molecule has 106 valence electrons. The van der Waals surface area contributed by atoms with Crippen molar-refractivity contribution in [2.45, 2.75) is 11.1 Å². The summed E-state index contributed by atoms with van der Waals surface area (Å²) in [5, 5.41) is 0. The Hall–Kier alpha value is -1.77. The summed E-state index contributed by atoms with van der Waals surface area (Å²) >= 11 is 1.07. The maximum absolute atomic E-state index is 13.4. The molecule has 20 heavy (non-hydrogen) atoms. The van der Waals surface area contributed by atoms with E-state index in [0.29, 0.717) is 0 Å². The van der Waals surface area contributed by atoms with E-state index < -0.39 is 21.7 Å². The van der Waals surface area contributed by atoms with Gasteiger partial charge in [-0.2, -0.15) is 0 Å². The Morgan fingerprint density at radius 2 is 1.90 bits per heavy atom. The quantitative estimate of drug-likeness (QED) is 0.845. The van der Waals surface area contributed by atoms with Gasteiger partial charge in [0, 0.05) is 4.88 Å². The van der Waals surface area contributed by atoms with Gasteiger partial charge in [0.1, 0.15) is 10.0 Å². The third kappa shape index (κ3) is 3.21. The molecule has 2 N–H and O–H groups in total. The Bertz CT molecular complexity index is 741. The Kier molecular flexibility index (Phi) is 4.17. The van der Waals surface area contributed by atoms with Crippen molar-refractivity contribution in [3.63, 3.8) is 0 Å². The zero-order chi connectivity index (χ0) is 14.8. The fraction of sp³-hybridized carbons (Fsp3) is 0.0833. The minimum Gasteiger partial charge on any atom is -0.273 e. The summed E-state index contributed by atoms with van der Waals surface area (Å²) < 4.78 is 37.1. The molecule has 8 heteroatoms. The minimum atomic E-state index is -3.84. The van der Waals surface area contributed by atoms with E-state index in [2.05, 4.69) is 0 Å². The number of halogens is 1. The van der Waals surface area contributed by atoms with Gasteiger partial charge in [-0.05, 0) is 31.2 Å². The summed E-state index contributed by atoms with van der Waals surface area (Å²) in [7, 11) is -3.84. The van der Waals surface area contributed by atoms with E-state index in [1.54, 1.807) is 13.0 Å². The molecule has 2 rings (SSSR count). The summed E-state index contributed by atoms with van der Waals surface area (Å²) in [6, 6.07) is 8.37. The Balaban J connectivity index is 2.09. The van der Waals surface area contributed by atoms with E-state index in [0.717, 1.165) is 22.3 Å². The van der Waals surface area contributed by atoms with Crippen LogP contribution in [0.5, 0.6) is 0 Å². The maximum atomic E-state index is 13.4. The van der Waals surface area contributed by atoms with Crippen LogP contribution in [0.25, 0.3) is 0 Å². The van der Waals surface area contributed by atoms with Gasteiger partial charge in [0.05, 0.1) is 5.56 Å². The van der Waals surface area contributed by atoms with Crippen LogP contribution in [0.15, 0.2) is 40.6 Å². The van der Waals surface area contributed by atoms with E-state index in [4.69, 9.17) is 0 Å². The first kappa shape index (κ1) is 14.6. The molecule has 0 aliphatic heterocycles. The molecule has 5 nitrogen and oxygen atoms in total. The second kappa shape index (κ2) is 5.70.